The summed E-state index contributed by atoms with van der Waals surface area (Å²) in [5, 5.41) is 5.56. The molecule has 5 rings (SSSR count). The Bertz CT molecular complexity index is 1480. The molecule has 0 atom stereocenters. The summed E-state index contributed by atoms with van der Waals surface area (Å²) in [5.74, 6) is 0.323. The van der Waals surface area contributed by atoms with Gasteiger partial charge in [0.25, 0.3) is 17.6 Å². The molecule has 2 amide bonds. The Morgan fingerprint density at radius 3 is 2.50 bits per heavy atom. The minimum absolute atomic E-state index is 0.0882. The van der Waals surface area contributed by atoms with E-state index < -0.39 is 11.7 Å². The molecule has 3 aromatic heterocycles. The van der Waals surface area contributed by atoms with Crippen molar-refractivity contribution in [2.45, 2.75) is 18.5 Å². The van der Waals surface area contributed by atoms with Gasteiger partial charge in [-0.2, -0.15) is 4.68 Å². The van der Waals surface area contributed by atoms with Crippen LogP contribution in [0.1, 0.15) is 34.1 Å². The van der Waals surface area contributed by atoms with Crippen LogP contribution in [0.4, 0.5) is 0 Å². The number of hydrogen-bond acceptors (Lipinski definition) is 8. The average Bonchev–Trinajstić information content (AvgIpc) is 3.63. The zero-order valence-electron chi connectivity index (χ0n) is 21.1. The third-order valence-corrected chi connectivity index (χ3v) is 7.37. The number of Topliss-reactive ketones (excluding diaryl/α,β-unsaturated/α-hetero) is 1. The number of methoxy groups -OCH3 is 1. The number of aromatic amines is 1. The van der Waals surface area contributed by atoms with Crippen molar-refractivity contribution in [1.82, 2.24) is 34.5 Å². The van der Waals surface area contributed by atoms with E-state index in [1.54, 1.807) is 35.1 Å². The first-order valence-corrected chi connectivity index (χ1v) is 13.3. The number of benzene rings is 1. The normalized spacial score (nSPS) is 13.6. The third kappa shape index (κ3) is 4.86. The molecule has 1 fully saturated rings. The molecule has 1 N–H and O–H groups in total. The number of carbonyl (C=O) groups is 3. The first kappa shape index (κ1) is 25.5. The molecule has 1 aliphatic rings. The van der Waals surface area contributed by atoms with E-state index >= 15 is 0 Å². The Labute approximate surface area is 223 Å². The molecule has 0 aliphatic carbocycles. The smallest absolute Gasteiger partial charge is 0.295 e. The molecule has 0 bridgehead atoms. The van der Waals surface area contributed by atoms with Gasteiger partial charge in [0, 0.05) is 43.7 Å². The zero-order chi connectivity index (χ0) is 26.6. The van der Waals surface area contributed by atoms with Gasteiger partial charge in [-0.1, -0.05) is 36.9 Å². The number of ketones is 1. The number of H-pyrrole nitrogens is 1. The minimum atomic E-state index is -0.660. The van der Waals surface area contributed by atoms with Crippen LogP contribution in [0.3, 0.4) is 0 Å². The molecule has 12 heteroatoms. The maximum Gasteiger partial charge on any atom is 0.295 e. The van der Waals surface area contributed by atoms with E-state index in [4.69, 9.17) is 4.74 Å². The highest BCUT2D eigenvalue weighted by Crippen LogP contribution is 2.32. The van der Waals surface area contributed by atoms with Crippen LogP contribution in [0.5, 0.6) is 5.75 Å². The van der Waals surface area contributed by atoms with E-state index in [1.807, 2.05) is 18.2 Å². The van der Waals surface area contributed by atoms with Gasteiger partial charge in [-0.15, -0.1) is 5.10 Å². The van der Waals surface area contributed by atoms with Gasteiger partial charge in [0.05, 0.1) is 29.8 Å². The summed E-state index contributed by atoms with van der Waals surface area (Å²) >= 11 is 1.54. The van der Waals surface area contributed by atoms with Crippen molar-refractivity contribution in [3.63, 3.8) is 0 Å². The number of fused-ring (bicyclic) bond motifs is 1. The number of thioether (sulfide) groups is 1. The molecular weight excluding hydrogens is 506 g/mol. The van der Waals surface area contributed by atoms with Crippen molar-refractivity contribution in [3.05, 3.63) is 60.2 Å². The lowest BCUT2D eigenvalue weighted by Crippen LogP contribution is -2.52. The molecule has 11 nitrogen and oxygen atoms in total. The Morgan fingerprint density at radius 2 is 1.79 bits per heavy atom. The molecular formula is C26H27N7O4S. The Balaban J connectivity index is 1.35. The third-order valence-electron chi connectivity index (χ3n) is 6.31. The molecule has 196 valence electrons. The van der Waals surface area contributed by atoms with Crippen LogP contribution in [-0.2, 0) is 4.79 Å². The summed E-state index contributed by atoms with van der Waals surface area (Å²) in [4.78, 5) is 54.4. The van der Waals surface area contributed by atoms with E-state index in [2.05, 4.69) is 27.0 Å². The second-order valence-corrected chi connectivity index (χ2v) is 9.76. The largest absolute Gasteiger partial charge is 0.494 e. The molecule has 38 heavy (non-hydrogen) atoms. The maximum absolute atomic E-state index is 13.4. The number of ether oxygens (including phenoxy) is 1. The van der Waals surface area contributed by atoms with Crippen molar-refractivity contribution >= 4 is 40.3 Å². The summed E-state index contributed by atoms with van der Waals surface area (Å²) in [6.07, 6.45) is 5.56. The van der Waals surface area contributed by atoms with E-state index in [0.717, 1.165) is 12.2 Å². The SMILES string of the molecule is CCCSc1ncn(-c2ncc(OC)c3c(C(=O)C(=O)N4CCN(C(=O)c5ccccc5)CC4)c[nH]c23)n1. The van der Waals surface area contributed by atoms with Crippen molar-refractivity contribution in [3.8, 4) is 11.6 Å². The number of pyridine rings is 1. The lowest BCUT2D eigenvalue weighted by Gasteiger charge is -2.34. The number of amides is 2. The highest BCUT2D eigenvalue weighted by Gasteiger charge is 2.31. The molecule has 1 saturated heterocycles. The fourth-order valence-corrected chi connectivity index (χ4v) is 5.01. The van der Waals surface area contributed by atoms with E-state index in [9.17, 15) is 14.4 Å². The fraction of sp³-hybridized carbons (Fsp3) is 0.308. The number of aromatic nitrogens is 5. The molecule has 1 aliphatic heterocycles. The van der Waals surface area contributed by atoms with Crippen LogP contribution in [0.25, 0.3) is 16.7 Å². The summed E-state index contributed by atoms with van der Waals surface area (Å²) in [7, 11) is 1.48. The number of piperazine rings is 1. The number of carbonyl (C=O) groups excluding carboxylic acids is 3. The lowest BCUT2D eigenvalue weighted by atomic mass is 10.1. The van der Waals surface area contributed by atoms with Gasteiger partial charge in [0.2, 0.25) is 5.16 Å². The van der Waals surface area contributed by atoms with Crippen LogP contribution in [0.15, 0.2) is 54.2 Å². The van der Waals surface area contributed by atoms with Crippen LogP contribution >= 0.6 is 11.8 Å². The summed E-state index contributed by atoms with van der Waals surface area (Å²) in [6, 6.07) is 9.01. The summed E-state index contributed by atoms with van der Waals surface area (Å²) in [5.41, 5.74) is 1.30. The van der Waals surface area contributed by atoms with Crippen LogP contribution < -0.4 is 4.74 Å². The second-order valence-electron chi connectivity index (χ2n) is 8.70. The molecule has 0 spiro atoms. The summed E-state index contributed by atoms with van der Waals surface area (Å²) in [6.45, 7) is 3.33. The molecule has 0 saturated carbocycles. The van der Waals surface area contributed by atoms with Gasteiger partial charge in [-0.25, -0.2) is 9.97 Å². The monoisotopic (exact) mass is 533 g/mol. The fourth-order valence-electron chi connectivity index (χ4n) is 4.36. The molecule has 4 aromatic rings. The molecule has 4 heterocycles. The highest BCUT2D eigenvalue weighted by atomic mass is 32.2. The first-order chi connectivity index (χ1) is 18.5. The van der Waals surface area contributed by atoms with Gasteiger partial charge in [0.15, 0.2) is 5.82 Å². The molecule has 1 aromatic carbocycles. The van der Waals surface area contributed by atoms with Gasteiger partial charge >= 0.3 is 0 Å². The standard InChI is InChI=1S/C26H27N7O4S/c1-3-13-38-26-29-16-33(30-26)23-21-20(19(37-2)15-28-23)18(14-27-21)22(34)25(36)32-11-9-31(10-12-32)24(35)17-7-5-4-6-8-17/h4-8,14-16,27H,3,9-13H2,1-2H3. The number of nitrogens with zero attached hydrogens (tertiary/aromatic N) is 6. The average molecular weight is 534 g/mol. The van der Waals surface area contributed by atoms with E-state index in [1.165, 1.54) is 29.1 Å². The van der Waals surface area contributed by atoms with Gasteiger partial charge in [-0.05, 0) is 18.6 Å². The number of nitrogens with one attached hydrogen (secondary N) is 1. The predicted molar refractivity (Wildman–Crippen MR) is 142 cm³/mol. The van der Waals surface area contributed by atoms with Crippen molar-refractivity contribution in [2.75, 3.05) is 39.0 Å². The van der Waals surface area contributed by atoms with E-state index in [-0.39, 0.29) is 24.6 Å². The van der Waals surface area contributed by atoms with Crippen LogP contribution in [0, 0.1) is 0 Å². The van der Waals surface area contributed by atoms with Gasteiger partial charge < -0.3 is 19.5 Å². The Hall–Kier alpha value is -4.19. The number of rotatable bonds is 8. The lowest BCUT2D eigenvalue weighted by molar-refractivity contribution is -0.127. The second kappa shape index (κ2) is 11.1. The Morgan fingerprint density at radius 1 is 1.05 bits per heavy atom. The van der Waals surface area contributed by atoms with Gasteiger partial charge in [0.1, 0.15) is 12.1 Å². The summed E-state index contributed by atoms with van der Waals surface area (Å²) < 4.78 is 7.02. The quantitative estimate of drug-likeness (QED) is 0.208. The molecule has 0 unspecified atom stereocenters. The van der Waals surface area contributed by atoms with Gasteiger partial charge in [-0.3, -0.25) is 14.4 Å². The molecule has 0 radical (unpaired) electrons. The van der Waals surface area contributed by atoms with Crippen LogP contribution in [-0.4, -0.2) is 91.2 Å². The number of hydrogen-bond donors (Lipinski definition) is 1. The van der Waals surface area contributed by atoms with E-state index in [0.29, 0.717) is 46.3 Å². The Kier molecular flexibility index (Phi) is 7.40. The predicted octanol–water partition coefficient (Wildman–Crippen LogP) is 2.82. The maximum atomic E-state index is 13.4. The highest BCUT2D eigenvalue weighted by molar-refractivity contribution is 7.99. The van der Waals surface area contributed by atoms with Crippen molar-refractivity contribution in [2.24, 2.45) is 0 Å². The van der Waals surface area contributed by atoms with Crippen molar-refractivity contribution < 1.29 is 19.1 Å². The van der Waals surface area contributed by atoms with Crippen LogP contribution in [0.2, 0.25) is 0 Å². The topological polar surface area (TPSA) is 126 Å². The zero-order valence-corrected chi connectivity index (χ0v) is 21.9. The minimum Gasteiger partial charge on any atom is -0.494 e. The first-order valence-electron chi connectivity index (χ1n) is 12.3. The van der Waals surface area contributed by atoms with Crippen molar-refractivity contribution in [1.29, 1.82) is 0 Å².